The molecule has 1 atom stereocenters. The van der Waals surface area contributed by atoms with E-state index in [4.69, 9.17) is 9.47 Å². The minimum Gasteiger partial charge on any atom is -0.505 e. The van der Waals surface area contributed by atoms with Crippen LogP contribution in [0, 0.1) is 0 Å². The number of carbonyl (C=O) groups is 1. The molecular formula is C17H17NO5. The van der Waals surface area contributed by atoms with E-state index in [1.54, 1.807) is 30.3 Å². The Balaban J connectivity index is 2.13. The number of anilines is 1. The number of ether oxygens (including phenoxy) is 2. The zero-order chi connectivity index (χ0) is 16.4. The summed E-state index contributed by atoms with van der Waals surface area (Å²) < 4.78 is 10.6. The van der Waals surface area contributed by atoms with Gasteiger partial charge in [0.25, 0.3) is 0 Å². The van der Waals surface area contributed by atoms with E-state index >= 15 is 0 Å². The first-order valence-corrected chi connectivity index (χ1v) is 7.29. The summed E-state index contributed by atoms with van der Waals surface area (Å²) in [7, 11) is 0. The van der Waals surface area contributed by atoms with Gasteiger partial charge in [-0.3, -0.25) is 4.79 Å². The summed E-state index contributed by atoms with van der Waals surface area (Å²) in [5, 5.41) is 23.0. The highest BCUT2D eigenvalue weighted by atomic mass is 16.7. The van der Waals surface area contributed by atoms with Gasteiger partial charge in [0, 0.05) is 5.56 Å². The number of carbonyl (C=O) groups excluding carboxylic acids is 1. The highest BCUT2D eigenvalue weighted by molar-refractivity contribution is 5.85. The van der Waals surface area contributed by atoms with E-state index in [0.29, 0.717) is 41.0 Å². The number of hydrogen-bond donors (Lipinski definition) is 3. The van der Waals surface area contributed by atoms with Crippen molar-refractivity contribution < 1.29 is 24.5 Å². The largest absolute Gasteiger partial charge is 0.505 e. The van der Waals surface area contributed by atoms with Crippen molar-refractivity contribution >= 4 is 12.1 Å². The number of benzene rings is 2. The lowest BCUT2D eigenvalue weighted by molar-refractivity contribution is -0.105. The Morgan fingerprint density at radius 2 is 2.04 bits per heavy atom. The van der Waals surface area contributed by atoms with Crippen LogP contribution in [0.25, 0.3) is 11.1 Å². The summed E-state index contributed by atoms with van der Waals surface area (Å²) in [6, 6.07) is 8.57. The van der Waals surface area contributed by atoms with Crippen LogP contribution in [0.15, 0.2) is 30.3 Å². The van der Waals surface area contributed by atoms with Crippen molar-refractivity contribution in [2.24, 2.45) is 0 Å². The average Bonchev–Trinajstić information content (AvgIpc) is 3.03. The van der Waals surface area contributed by atoms with E-state index in [-0.39, 0.29) is 18.2 Å². The van der Waals surface area contributed by atoms with Crippen LogP contribution in [0.5, 0.6) is 17.2 Å². The van der Waals surface area contributed by atoms with Gasteiger partial charge in [-0.1, -0.05) is 13.0 Å². The average molecular weight is 315 g/mol. The maximum absolute atomic E-state index is 10.8. The standard InChI is InChI=1S/C17H17NO5/c1-2-14(20)11-5-12(17(21)13(6-11)18-8-19)10-3-4-15-16(7-10)23-9-22-15/h3-8,14,20-21H,2,9H2,1H3,(H,18,19). The highest BCUT2D eigenvalue weighted by Crippen LogP contribution is 2.42. The Hall–Kier alpha value is -2.73. The molecular weight excluding hydrogens is 298 g/mol. The zero-order valence-corrected chi connectivity index (χ0v) is 12.6. The summed E-state index contributed by atoms with van der Waals surface area (Å²) in [4.78, 5) is 10.8. The quantitative estimate of drug-likeness (QED) is 0.583. The van der Waals surface area contributed by atoms with Crippen LogP contribution in [0.3, 0.4) is 0 Å². The number of amides is 1. The van der Waals surface area contributed by atoms with Crippen LogP contribution in [0.4, 0.5) is 5.69 Å². The molecule has 0 fully saturated rings. The lowest BCUT2D eigenvalue weighted by atomic mass is 9.97. The normalized spacial score (nSPS) is 13.7. The number of fused-ring (bicyclic) bond motifs is 1. The van der Waals surface area contributed by atoms with Crippen LogP contribution in [-0.2, 0) is 4.79 Å². The highest BCUT2D eigenvalue weighted by Gasteiger charge is 2.18. The minimum absolute atomic E-state index is 0.0666. The van der Waals surface area contributed by atoms with Gasteiger partial charge in [-0.05, 0) is 41.8 Å². The molecule has 0 saturated heterocycles. The molecule has 1 amide bonds. The molecule has 0 spiro atoms. The molecule has 1 heterocycles. The van der Waals surface area contributed by atoms with Crippen LogP contribution in [0.2, 0.25) is 0 Å². The predicted octanol–water partition coefficient (Wildman–Crippen LogP) is 2.80. The van der Waals surface area contributed by atoms with E-state index in [9.17, 15) is 15.0 Å². The topological polar surface area (TPSA) is 88.0 Å². The number of aromatic hydroxyl groups is 1. The summed E-state index contributed by atoms with van der Waals surface area (Å²) in [6.07, 6.45) is 0.322. The second kappa shape index (κ2) is 6.18. The van der Waals surface area contributed by atoms with Crippen molar-refractivity contribution in [1.29, 1.82) is 0 Å². The van der Waals surface area contributed by atoms with E-state index in [1.165, 1.54) is 0 Å². The first kappa shape index (κ1) is 15.2. The molecule has 120 valence electrons. The number of phenols is 1. The third-order valence-electron chi connectivity index (χ3n) is 3.80. The van der Waals surface area contributed by atoms with Crippen molar-refractivity contribution in [3.63, 3.8) is 0 Å². The molecule has 3 N–H and O–H groups in total. The molecule has 1 aliphatic heterocycles. The number of rotatable bonds is 5. The fraction of sp³-hybridized carbons (Fsp3) is 0.235. The van der Waals surface area contributed by atoms with Crippen molar-refractivity contribution in [3.8, 4) is 28.4 Å². The molecule has 1 unspecified atom stereocenters. The van der Waals surface area contributed by atoms with Crippen LogP contribution >= 0.6 is 0 Å². The number of hydrogen-bond acceptors (Lipinski definition) is 5. The summed E-state index contributed by atoms with van der Waals surface area (Å²) in [5.74, 6) is 1.17. The molecule has 6 heteroatoms. The monoisotopic (exact) mass is 315 g/mol. The first-order valence-electron chi connectivity index (χ1n) is 7.29. The maximum Gasteiger partial charge on any atom is 0.231 e. The molecule has 0 aliphatic carbocycles. The van der Waals surface area contributed by atoms with Crippen molar-refractivity contribution in [3.05, 3.63) is 35.9 Å². The van der Waals surface area contributed by atoms with Gasteiger partial charge in [0.05, 0.1) is 11.8 Å². The number of aliphatic hydroxyl groups excluding tert-OH is 1. The molecule has 0 radical (unpaired) electrons. The summed E-state index contributed by atoms with van der Waals surface area (Å²) in [6.45, 7) is 2.02. The molecule has 3 rings (SSSR count). The van der Waals surface area contributed by atoms with Crippen molar-refractivity contribution in [2.45, 2.75) is 19.4 Å². The van der Waals surface area contributed by atoms with Crippen LogP contribution < -0.4 is 14.8 Å². The van der Waals surface area contributed by atoms with Gasteiger partial charge >= 0.3 is 0 Å². The summed E-state index contributed by atoms with van der Waals surface area (Å²) in [5.41, 5.74) is 2.06. The van der Waals surface area contributed by atoms with Gasteiger partial charge in [-0.25, -0.2) is 0 Å². The predicted molar refractivity (Wildman–Crippen MR) is 84.6 cm³/mol. The Bertz CT molecular complexity index is 744. The van der Waals surface area contributed by atoms with Gasteiger partial charge < -0.3 is 25.0 Å². The minimum atomic E-state index is -0.685. The van der Waals surface area contributed by atoms with Gasteiger partial charge in [0.1, 0.15) is 5.75 Å². The van der Waals surface area contributed by atoms with Crippen molar-refractivity contribution in [1.82, 2.24) is 0 Å². The van der Waals surface area contributed by atoms with Gasteiger partial charge in [-0.15, -0.1) is 0 Å². The van der Waals surface area contributed by atoms with Crippen LogP contribution in [-0.4, -0.2) is 23.4 Å². The third-order valence-corrected chi connectivity index (χ3v) is 3.80. The van der Waals surface area contributed by atoms with Crippen molar-refractivity contribution in [2.75, 3.05) is 12.1 Å². The van der Waals surface area contributed by atoms with E-state index in [1.807, 2.05) is 6.92 Å². The van der Waals surface area contributed by atoms with E-state index < -0.39 is 6.10 Å². The molecule has 1 aliphatic rings. The zero-order valence-electron chi connectivity index (χ0n) is 12.6. The first-order chi connectivity index (χ1) is 11.1. The molecule has 2 aromatic carbocycles. The molecule has 0 aromatic heterocycles. The van der Waals surface area contributed by atoms with E-state index in [0.717, 1.165) is 0 Å². The SMILES string of the molecule is CCC(O)c1cc(NC=O)c(O)c(-c2ccc3c(c2)OCO3)c1. The molecule has 0 saturated carbocycles. The molecule has 23 heavy (non-hydrogen) atoms. The van der Waals surface area contributed by atoms with Gasteiger partial charge in [-0.2, -0.15) is 0 Å². The van der Waals surface area contributed by atoms with E-state index in [2.05, 4.69) is 5.32 Å². The lowest BCUT2D eigenvalue weighted by Crippen LogP contribution is -2.01. The maximum atomic E-state index is 10.8. The molecule has 2 aromatic rings. The van der Waals surface area contributed by atoms with Gasteiger partial charge in [0.2, 0.25) is 13.2 Å². The molecule has 0 bridgehead atoms. The fourth-order valence-electron chi connectivity index (χ4n) is 2.54. The Morgan fingerprint density at radius 1 is 1.26 bits per heavy atom. The van der Waals surface area contributed by atoms with Gasteiger partial charge in [0.15, 0.2) is 11.5 Å². The molecule has 6 nitrogen and oxygen atoms in total. The third kappa shape index (κ3) is 2.80. The second-order valence-electron chi connectivity index (χ2n) is 5.22. The summed E-state index contributed by atoms with van der Waals surface area (Å²) >= 11 is 0. The van der Waals surface area contributed by atoms with Crippen LogP contribution in [0.1, 0.15) is 25.0 Å². The fourth-order valence-corrected chi connectivity index (χ4v) is 2.54. The number of aliphatic hydroxyl groups is 1. The Labute approximate surface area is 133 Å². The second-order valence-corrected chi connectivity index (χ2v) is 5.22. The Morgan fingerprint density at radius 3 is 2.78 bits per heavy atom. The lowest BCUT2D eigenvalue weighted by Gasteiger charge is -2.15. The number of nitrogens with one attached hydrogen (secondary N) is 1. The Kier molecular flexibility index (Phi) is 4.08. The number of phenolic OH excluding ortho intramolecular Hbond substituents is 1. The smallest absolute Gasteiger partial charge is 0.231 e.